The van der Waals surface area contributed by atoms with Gasteiger partial charge in [-0.15, -0.1) is 11.3 Å². The zero-order chi connectivity index (χ0) is 18.3. The summed E-state index contributed by atoms with van der Waals surface area (Å²) in [6.45, 7) is 2.44. The van der Waals surface area contributed by atoms with Gasteiger partial charge < -0.3 is 4.90 Å². The van der Waals surface area contributed by atoms with E-state index < -0.39 is 9.84 Å². The second kappa shape index (κ2) is 7.09. The molecule has 0 bridgehead atoms. The van der Waals surface area contributed by atoms with Crippen LogP contribution in [0.25, 0.3) is 10.2 Å². The smallest absolute Gasteiger partial charge is 0.233 e. The number of carbonyl (C=O) groups excluding carboxylic acids is 1. The van der Waals surface area contributed by atoms with E-state index in [9.17, 15) is 13.2 Å². The van der Waals surface area contributed by atoms with Gasteiger partial charge in [0.1, 0.15) is 16.2 Å². The molecule has 2 aliphatic rings. The van der Waals surface area contributed by atoms with E-state index in [-0.39, 0.29) is 29.2 Å². The lowest BCUT2D eigenvalue weighted by Crippen LogP contribution is -2.41. The number of sulfone groups is 1. The normalized spacial score (nSPS) is 21.2. The minimum absolute atomic E-state index is 0.0155. The van der Waals surface area contributed by atoms with E-state index in [0.717, 1.165) is 28.1 Å². The largest absolute Gasteiger partial charge is 0.338 e. The second-order valence-electron chi connectivity index (χ2n) is 6.74. The summed E-state index contributed by atoms with van der Waals surface area (Å²) in [6.07, 6.45) is 5.46. The van der Waals surface area contributed by atoms with E-state index in [1.165, 1.54) is 28.6 Å². The fourth-order valence-corrected chi connectivity index (χ4v) is 7.82. The van der Waals surface area contributed by atoms with Crippen molar-refractivity contribution >= 4 is 49.1 Å². The molecule has 26 heavy (non-hydrogen) atoms. The molecule has 1 fully saturated rings. The Kier molecular flexibility index (Phi) is 4.96. The molecule has 0 spiro atoms. The first-order valence-corrected chi connectivity index (χ1v) is 12.5. The molecule has 4 rings (SSSR count). The molecule has 140 valence electrons. The third-order valence-corrected chi connectivity index (χ3v) is 9.03. The Morgan fingerprint density at radius 3 is 2.96 bits per heavy atom. The van der Waals surface area contributed by atoms with Gasteiger partial charge in [-0.2, -0.15) is 0 Å². The van der Waals surface area contributed by atoms with Gasteiger partial charge in [0.2, 0.25) is 5.91 Å². The lowest BCUT2D eigenvalue weighted by Gasteiger charge is -2.26. The number of aryl methyl sites for hydroxylation is 2. The molecule has 1 aliphatic heterocycles. The molecular formula is C17H21N3O3S3. The molecule has 1 aliphatic carbocycles. The summed E-state index contributed by atoms with van der Waals surface area (Å²) in [6, 6.07) is -0.186. The summed E-state index contributed by atoms with van der Waals surface area (Å²) in [5.74, 6) is 0.536. The third kappa shape index (κ3) is 3.36. The van der Waals surface area contributed by atoms with Crippen LogP contribution in [0.4, 0.5) is 0 Å². The van der Waals surface area contributed by atoms with Crippen molar-refractivity contribution in [3.05, 3.63) is 16.8 Å². The van der Waals surface area contributed by atoms with E-state index in [1.54, 1.807) is 22.6 Å². The molecule has 1 atom stereocenters. The highest BCUT2D eigenvalue weighted by Crippen LogP contribution is 2.40. The molecule has 1 unspecified atom stereocenters. The van der Waals surface area contributed by atoms with Crippen LogP contribution in [0.15, 0.2) is 11.4 Å². The summed E-state index contributed by atoms with van der Waals surface area (Å²) in [5.41, 5.74) is 1.36. The van der Waals surface area contributed by atoms with E-state index in [4.69, 9.17) is 0 Å². The molecule has 9 heteroatoms. The molecular weight excluding hydrogens is 390 g/mol. The molecule has 2 aromatic rings. The molecule has 3 heterocycles. The van der Waals surface area contributed by atoms with Gasteiger partial charge in [-0.3, -0.25) is 4.79 Å². The van der Waals surface area contributed by atoms with Gasteiger partial charge in [-0.25, -0.2) is 18.4 Å². The quantitative estimate of drug-likeness (QED) is 0.555. The Morgan fingerprint density at radius 1 is 1.38 bits per heavy atom. The highest BCUT2D eigenvalue weighted by molar-refractivity contribution is 8.00. The monoisotopic (exact) mass is 411 g/mol. The average molecular weight is 412 g/mol. The number of thiophene rings is 1. The van der Waals surface area contributed by atoms with E-state index >= 15 is 0 Å². The van der Waals surface area contributed by atoms with Crippen LogP contribution >= 0.6 is 23.1 Å². The minimum atomic E-state index is -3.00. The SMILES string of the molecule is CCN(C(=O)CSc1ncnc2sc3c(c12)CCC3)C1CCS(=O)(=O)C1. The van der Waals surface area contributed by atoms with Gasteiger partial charge in [0, 0.05) is 22.8 Å². The summed E-state index contributed by atoms with van der Waals surface area (Å²) >= 11 is 3.19. The highest BCUT2D eigenvalue weighted by Gasteiger charge is 2.34. The predicted octanol–water partition coefficient (Wildman–Crippen LogP) is 2.31. The number of fused-ring (bicyclic) bond motifs is 3. The van der Waals surface area contributed by atoms with Crippen molar-refractivity contribution in [2.24, 2.45) is 0 Å². The van der Waals surface area contributed by atoms with E-state index in [2.05, 4.69) is 9.97 Å². The lowest BCUT2D eigenvalue weighted by atomic mass is 10.2. The first kappa shape index (κ1) is 18.2. The van der Waals surface area contributed by atoms with Crippen LogP contribution in [0.2, 0.25) is 0 Å². The fourth-order valence-electron chi connectivity index (χ4n) is 3.88. The molecule has 1 saturated heterocycles. The first-order chi connectivity index (χ1) is 12.5. The zero-order valence-corrected chi connectivity index (χ0v) is 17.1. The minimum Gasteiger partial charge on any atom is -0.338 e. The molecule has 0 N–H and O–H groups in total. The van der Waals surface area contributed by atoms with Crippen molar-refractivity contribution < 1.29 is 13.2 Å². The second-order valence-corrected chi connectivity index (χ2v) is 11.0. The fraction of sp³-hybridized carbons (Fsp3) is 0.588. The predicted molar refractivity (Wildman–Crippen MR) is 105 cm³/mol. The van der Waals surface area contributed by atoms with Crippen LogP contribution in [0.1, 0.15) is 30.2 Å². The number of thioether (sulfide) groups is 1. The molecule has 0 saturated carbocycles. The lowest BCUT2D eigenvalue weighted by molar-refractivity contribution is -0.129. The number of carbonyl (C=O) groups is 1. The zero-order valence-electron chi connectivity index (χ0n) is 14.6. The number of rotatable bonds is 5. The number of nitrogens with zero attached hydrogens (tertiary/aromatic N) is 3. The Morgan fingerprint density at radius 2 is 2.23 bits per heavy atom. The van der Waals surface area contributed by atoms with Crippen LogP contribution < -0.4 is 0 Å². The number of hydrogen-bond acceptors (Lipinski definition) is 7. The maximum Gasteiger partial charge on any atom is 0.233 e. The van der Waals surface area contributed by atoms with Crippen molar-refractivity contribution in [1.29, 1.82) is 0 Å². The van der Waals surface area contributed by atoms with Crippen molar-refractivity contribution in [3.63, 3.8) is 0 Å². The Labute approximate surface area is 161 Å². The molecule has 6 nitrogen and oxygen atoms in total. The van der Waals surface area contributed by atoms with Gasteiger partial charge >= 0.3 is 0 Å². The summed E-state index contributed by atoms with van der Waals surface area (Å²) < 4.78 is 23.5. The third-order valence-electron chi connectivity index (χ3n) is 5.11. The van der Waals surface area contributed by atoms with Crippen LogP contribution in [0.3, 0.4) is 0 Å². The van der Waals surface area contributed by atoms with Crippen molar-refractivity contribution in [3.8, 4) is 0 Å². The Bertz CT molecular complexity index is 955. The van der Waals surface area contributed by atoms with Crippen LogP contribution in [-0.4, -0.2) is 59.0 Å². The summed E-state index contributed by atoms with van der Waals surface area (Å²) in [5, 5.41) is 1.99. The topological polar surface area (TPSA) is 80.2 Å². The molecule has 0 aromatic carbocycles. The number of aromatic nitrogens is 2. The van der Waals surface area contributed by atoms with Crippen LogP contribution in [0.5, 0.6) is 0 Å². The first-order valence-electron chi connectivity index (χ1n) is 8.86. The molecule has 1 amide bonds. The number of amides is 1. The summed E-state index contributed by atoms with van der Waals surface area (Å²) in [7, 11) is -3.00. The summed E-state index contributed by atoms with van der Waals surface area (Å²) in [4.78, 5) is 25.7. The Balaban J connectivity index is 1.50. The van der Waals surface area contributed by atoms with Crippen LogP contribution in [-0.2, 0) is 27.5 Å². The van der Waals surface area contributed by atoms with E-state index in [0.29, 0.717) is 13.0 Å². The van der Waals surface area contributed by atoms with Gasteiger partial charge in [-0.1, -0.05) is 11.8 Å². The van der Waals surface area contributed by atoms with Crippen molar-refractivity contribution in [2.75, 3.05) is 23.8 Å². The van der Waals surface area contributed by atoms with Gasteiger partial charge in [0.15, 0.2) is 9.84 Å². The van der Waals surface area contributed by atoms with E-state index in [1.807, 2.05) is 6.92 Å². The molecule has 2 aromatic heterocycles. The Hall–Kier alpha value is -1.19. The van der Waals surface area contributed by atoms with Gasteiger partial charge in [0.25, 0.3) is 0 Å². The molecule has 0 radical (unpaired) electrons. The van der Waals surface area contributed by atoms with Crippen molar-refractivity contribution in [2.45, 2.75) is 43.7 Å². The van der Waals surface area contributed by atoms with Gasteiger partial charge in [0.05, 0.1) is 17.3 Å². The van der Waals surface area contributed by atoms with Crippen LogP contribution in [0, 0.1) is 0 Å². The standard InChI is InChI=1S/C17H21N3O3S3/c1-2-20(11-6-7-26(22,23)9-11)14(21)8-24-16-15-12-4-3-5-13(12)25-17(15)19-10-18-16/h10-11H,2-9H2,1H3. The number of hydrogen-bond donors (Lipinski definition) is 0. The van der Waals surface area contributed by atoms with Crippen molar-refractivity contribution in [1.82, 2.24) is 14.9 Å². The highest BCUT2D eigenvalue weighted by atomic mass is 32.2. The average Bonchev–Trinajstić information content (AvgIpc) is 3.27. The maximum atomic E-state index is 12.7. The van der Waals surface area contributed by atoms with Gasteiger partial charge in [-0.05, 0) is 38.2 Å². The maximum absolute atomic E-state index is 12.7.